The third kappa shape index (κ3) is 4.10. The zero-order chi connectivity index (χ0) is 11.3. The number of ether oxygens (including phenoxy) is 1. The monoisotopic (exact) mass is 227 g/mol. The van der Waals surface area contributed by atoms with E-state index in [9.17, 15) is 0 Å². The Bertz CT molecular complexity index is 312. The fourth-order valence-corrected chi connectivity index (χ4v) is 1.51. The van der Waals surface area contributed by atoms with Gasteiger partial charge in [-0.25, -0.2) is 0 Å². The first-order valence-corrected chi connectivity index (χ1v) is 5.66. The highest BCUT2D eigenvalue weighted by Gasteiger charge is 2.02. The minimum Gasteiger partial charge on any atom is -0.492 e. The molecule has 1 N–H and O–H groups in total. The quantitative estimate of drug-likeness (QED) is 0.834. The van der Waals surface area contributed by atoms with Gasteiger partial charge in [-0.15, -0.1) is 0 Å². The van der Waals surface area contributed by atoms with Crippen molar-refractivity contribution in [3.63, 3.8) is 0 Å². The average molecular weight is 228 g/mol. The molecule has 0 aromatic heterocycles. The third-order valence-corrected chi connectivity index (χ3v) is 2.31. The van der Waals surface area contributed by atoms with E-state index in [0.29, 0.717) is 17.7 Å². The summed E-state index contributed by atoms with van der Waals surface area (Å²) < 4.78 is 5.36. The van der Waals surface area contributed by atoms with Crippen molar-refractivity contribution in [1.82, 2.24) is 5.32 Å². The highest BCUT2D eigenvalue weighted by Crippen LogP contribution is 2.25. The topological polar surface area (TPSA) is 21.3 Å². The van der Waals surface area contributed by atoms with Crippen molar-refractivity contribution in [3.8, 4) is 5.75 Å². The molecule has 1 aromatic carbocycles. The van der Waals surface area contributed by atoms with Gasteiger partial charge in [0.2, 0.25) is 0 Å². The molecule has 0 heterocycles. The molecule has 0 bridgehead atoms. The van der Waals surface area contributed by atoms with Gasteiger partial charge in [-0.1, -0.05) is 31.5 Å². The summed E-state index contributed by atoms with van der Waals surface area (Å²) >= 11 is 6.07. The molecule has 0 atom stereocenters. The van der Waals surface area contributed by atoms with Gasteiger partial charge in [0.25, 0.3) is 0 Å². The van der Waals surface area contributed by atoms with Gasteiger partial charge in [0.15, 0.2) is 0 Å². The second-order valence-corrected chi connectivity index (χ2v) is 4.14. The highest BCUT2D eigenvalue weighted by atomic mass is 35.5. The van der Waals surface area contributed by atoms with Crippen LogP contribution in [0, 0.1) is 0 Å². The Hall–Kier alpha value is -0.730. The zero-order valence-electron chi connectivity index (χ0n) is 9.51. The van der Waals surface area contributed by atoms with Crippen molar-refractivity contribution >= 4 is 11.6 Å². The Morgan fingerprint density at radius 2 is 2.13 bits per heavy atom. The molecule has 3 heteroatoms. The normalized spacial score (nSPS) is 10.7. The van der Waals surface area contributed by atoms with E-state index in [-0.39, 0.29) is 0 Å². The van der Waals surface area contributed by atoms with Crippen molar-refractivity contribution in [1.29, 1.82) is 0 Å². The van der Waals surface area contributed by atoms with Gasteiger partial charge < -0.3 is 10.1 Å². The van der Waals surface area contributed by atoms with Crippen LogP contribution in [0.1, 0.15) is 26.3 Å². The molecule has 1 rings (SSSR count). The predicted octanol–water partition coefficient (Wildman–Crippen LogP) is 3.24. The molecule has 0 amide bonds. The molecule has 0 aliphatic heterocycles. The largest absolute Gasteiger partial charge is 0.492 e. The van der Waals surface area contributed by atoms with E-state index in [0.717, 1.165) is 12.3 Å². The number of rotatable bonds is 5. The Morgan fingerprint density at radius 3 is 2.67 bits per heavy atom. The summed E-state index contributed by atoms with van der Waals surface area (Å²) in [6.07, 6.45) is 0. The molecule has 0 aliphatic rings. The van der Waals surface area contributed by atoms with Gasteiger partial charge in [0, 0.05) is 12.6 Å². The lowest BCUT2D eigenvalue weighted by atomic mass is 10.2. The molecule has 0 saturated carbocycles. The first-order valence-electron chi connectivity index (χ1n) is 5.28. The van der Waals surface area contributed by atoms with Crippen LogP contribution in [0.25, 0.3) is 0 Å². The SMILES string of the molecule is CCOc1ccc(CNC(C)C)cc1Cl. The van der Waals surface area contributed by atoms with Crippen LogP contribution >= 0.6 is 11.6 Å². The van der Waals surface area contributed by atoms with Crippen LogP contribution in [0.15, 0.2) is 18.2 Å². The van der Waals surface area contributed by atoms with E-state index in [1.54, 1.807) is 0 Å². The smallest absolute Gasteiger partial charge is 0.137 e. The van der Waals surface area contributed by atoms with E-state index in [4.69, 9.17) is 16.3 Å². The maximum atomic E-state index is 6.07. The van der Waals surface area contributed by atoms with Gasteiger partial charge in [-0.2, -0.15) is 0 Å². The van der Waals surface area contributed by atoms with Crippen molar-refractivity contribution in [2.45, 2.75) is 33.4 Å². The highest BCUT2D eigenvalue weighted by molar-refractivity contribution is 6.32. The second-order valence-electron chi connectivity index (χ2n) is 3.73. The molecule has 1 aromatic rings. The van der Waals surface area contributed by atoms with E-state index < -0.39 is 0 Å². The predicted molar refractivity (Wildman–Crippen MR) is 64.6 cm³/mol. The van der Waals surface area contributed by atoms with Crippen LogP contribution in [0.3, 0.4) is 0 Å². The van der Waals surface area contributed by atoms with Gasteiger partial charge in [-0.3, -0.25) is 0 Å². The fourth-order valence-electron chi connectivity index (χ4n) is 1.25. The minimum atomic E-state index is 0.482. The average Bonchev–Trinajstić information content (AvgIpc) is 2.19. The summed E-state index contributed by atoms with van der Waals surface area (Å²) in [5.74, 6) is 0.757. The summed E-state index contributed by atoms with van der Waals surface area (Å²) in [5.41, 5.74) is 1.18. The number of nitrogens with one attached hydrogen (secondary N) is 1. The molecular weight excluding hydrogens is 210 g/mol. The van der Waals surface area contributed by atoms with Crippen LogP contribution in [-0.2, 0) is 6.54 Å². The second kappa shape index (κ2) is 5.99. The lowest BCUT2D eigenvalue weighted by molar-refractivity contribution is 0.340. The van der Waals surface area contributed by atoms with Crippen molar-refractivity contribution in [2.24, 2.45) is 0 Å². The van der Waals surface area contributed by atoms with Crippen molar-refractivity contribution < 1.29 is 4.74 Å². The molecule has 84 valence electrons. The third-order valence-electron chi connectivity index (χ3n) is 2.01. The molecule has 0 unspecified atom stereocenters. The molecule has 0 saturated heterocycles. The minimum absolute atomic E-state index is 0.482. The molecule has 0 fully saturated rings. The molecule has 0 aliphatic carbocycles. The van der Waals surface area contributed by atoms with E-state index in [1.165, 1.54) is 5.56 Å². The van der Waals surface area contributed by atoms with Gasteiger partial charge in [0.05, 0.1) is 11.6 Å². The van der Waals surface area contributed by atoms with Crippen LogP contribution in [0.2, 0.25) is 5.02 Å². The van der Waals surface area contributed by atoms with Crippen LogP contribution < -0.4 is 10.1 Å². The van der Waals surface area contributed by atoms with Gasteiger partial charge in [-0.05, 0) is 24.6 Å². The molecule has 0 spiro atoms. The van der Waals surface area contributed by atoms with E-state index in [1.807, 2.05) is 25.1 Å². The summed E-state index contributed by atoms with van der Waals surface area (Å²) in [6, 6.07) is 6.38. The van der Waals surface area contributed by atoms with E-state index >= 15 is 0 Å². The zero-order valence-corrected chi connectivity index (χ0v) is 10.3. The maximum Gasteiger partial charge on any atom is 0.137 e. The molecule has 15 heavy (non-hydrogen) atoms. The van der Waals surface area contributed by atoms with Crippen molar-refractivity contribution in [3.05, 3.63) is 28.8 Å². The summed E-state index contributed by atoms with van der Waals surface area (Å²) in [5, 5.41) is 4.02. The van der Waals surface area contributed by atoms with Crippen LogP contribution in [0.4, 0.5) is 0 Å². The Labute approximate surface area is 96.6 Å². The number of hydrogen-bond donors (Lipinski definition) is 1. The summed E-state index contributed by atoms with van der Waals surface area (Å²) in [7, 11) is 0. The Kier molecular flexibility index (Phi) is 4.92. The number of hydrogen-bond acceptors (Lipinski definition) is 2. The van der Waals surface area contributed by atoms with Gasteiger partial charge >= 0.3 is 0 Å². The molecule has 2 nitrogen and oxygen atoms in total. The summed E-state index contributed by atoms with van der Waals surface area (Å²) in [6.45, 7) is 7.67. The maximum absolute atomic E-state index is 6.07. The summed E-state index contributed by atoms with van der Waals surface area (Å²) in [4.78, 5) is 0. The molecular formula is C12H18ClNO. The van der Waals surface area contributed by atoms with Crippen LogP contribution in [0.5, 0.6) is 5.75 Å². The van der Waals surface area contributed by atoms with Crippen LogP contribution in [-0.4, -0.2) is 12.6 Å². The standard InChI is InChI=1S/C12H18ClNO/c1-4-15-12-6-5-10(7-11(12)13)8-14-9(2)3/h5-7,9,14H,4,8H2,1-3H3. The van der Waals surface area contributed by atoms with Crippen molar-refractivity contribution in [2.75, 3.05) is 6.61 Å². The van der Waals surface area contributed by atoms with Gasteiger partial charge in [0.1, 0.15) is 5.75 Å². The number of halogens is 1. The lowest BCUT2D eigenvalue weighted by Gasteiger charge is -2.10. The lowest BCUT2D eigenvalue weighted by Crippen LogP contribution is -2.21. The molecule has 0 radical (unpaired) electrons. The van der Waals surface area contributed by atoms with E-state index in [2.05, 4.69) is 19.2 Å². The Morgan fingerprint density at radius 1 is 1.40 bits per heavy atom. The fraction of sp³-hybridized carbons (Fsp3) is 0.500. The number of benzene rings is 1. The Balaban J connectivity index is 2.64. The first-order chi connectivity index (χ1) is 7.13. The first kappa shape index (κ1) is 12.3.